The summed E-state index contributed by atoms with van der Waals surface area (Å²) in [5, 5.41) is 3.48. The Balaban J connectivity index is 1.99. The number of fused-ring (bicyclic) bond motifs is 1. The molecule has 118 valence electrons. The number of methoxy groups -OCH3 is 1. The van der Waals surface area contributed by atoms with Gasteiger partial charge in [0.2, 0.25) is 0 Å². The second-order valence-electron chi connectivity index (χ2n) is 5.18. The lowest BCUT2D eigenvalue weighted by molar-refractivity contribution is 0.0589. The fourth-order valence-corrected chi connectivity index (χ4v) is 3.16. The van der Waals surface area contributed by atoms with Crippen molar-refractivity contribution in [3.8, 4) is 5.75 Å². The maximum atomic E-state index is 5.80. The van der Waals surface area contributed by atoms with Gasteiger partial charge in [-0.05, 0) is 36.2 Å². The summed E-state index contributed by atoms with van der Waals surface area (Å²) < 4.78 is 17.6. The van der Waals surface area contributed by atoms with E-state index in [4.69, 9.17) is 14.2 Å². The molecule has 21 heavy (non-hydrogen) atoms. The first-order chi connectivity index (χ1) is 10.2. The summed E-state index contributed by atoms with van der Waals surface area (Å²) in [5.74, 6) is 1.07. The third kappa shape index (κ3) is 4.95. The van der Waals surface area contributed by atoms with Crippen LogP contribution in [-0.4, -0.2) is 46.1 Å². The van der Waals surface area contributed by atoms with Crippen molar-refractivity contribution in [2.24, 2.45) is 0 Å². The fourth-order valence-electron chi connectivity index (χ4n) is 2.61. The molecule has 0 bridgehead atoms. The largest absolute Gasteiger partial charge is 0.493 e. The van der Waals surface area contributed by atoms with Crippen LogP contribution >= 0.6 is 15.9 Å². The molecule has 0 saturated heterocycles. The van der Waals surface area contributed by atoms with Crippen LogP contribution in [0, 0.1) is 0 Å². The van der Waals surface area contributed by atoms with Crippen LogP contribution in [0.15, 0.2) is 16.6 Å². The predicted octanol–water partition coefficient (Wildman–Crippen LogP) is 2.57. The van der Waals surface area contributed by atoms with E-state index in [0.29, 0.717) is 19.8 Å². The summed E-state index contributed by atoms with van der Waals surface area (Å²) in [6.07, 6.45) is 1.90. The normalized spacial score (nSPS) is 14.8. The van der Waals surface area contributed by atoms with Crippen molar-refractivity contribution in [3.63, 3.8) is 0 Å². The summed E-state index contributed by atoms with van der Waals surface area (Å²) >= 11 is 3.59. The molecule has 0 aliphatic carbocycles. The molecule has 0 spiro atoms. The van der Waals surface area contributed by atoms with E-state index < -0.39 is 0 Å². The minimum Gasteiger partial charge on any atom is -0.493 e. The van der Waals surface area contributed by atoms with Gasteiger partial charge in [-0.3, -0.25) is 0 Å². The van der Waals surface area contributed by atoms with Crippen LogP contribution in [0.1, 0.15) is 18.1 Å². The van der Waals surface area contributed by atoms with Crippen LogP contribution in [0.2, 0.25) is 0 Å². The van der Waals surface area contributed by atoms with Crippen LogP contribution in [0.4, 0.5) is 0 Å². The zero-order valence-corrected chi connectivity index (χ0v) is 14.4. The van der Waals surface area contributed by atoms with Gasteiger partial charge < -0.3 is 19.5 Å². The van der Waals surface area contributed by atoms with Gasteiger partial charge in [0, 0.05) is 24.0 Å². The first kappa shape index (κ1) is 16.7. The Hall–Kier alpha value is -0.620. The number of hydrogen-bond donors (Lipinski definition) is 1. The highest BCUT2D eigenvalue weighted by Gasteiger charge is 2.20. The summed E-state index contributed by atoms with van der Waals surface area (Å²) in [6, 6.07) is 4.60. The molecule has 1 aromatic carbocycles. The maximum Gasteiger partial charge on any atom is 0.125 e. The molecule has 2 rings (SSSR count). The topological polar surface area (TPSA) is 39.7 Å². The van der Waals surface area contributed by atoms with Gasteiger partial charge >= 0.3 is 0 Å². The van der Waals surface area contributed by atoms with E-state index in [0.717, 1.165) is 36.2 Å². The number of rotatable bonds is 9. The van der Waals surface area contributed by atoms with Crippen LogP contribution in [0.3, 0.4) is 0 Å². The average Bonchev–Trinajstić information content (AvgIpc) is 2.92. The van der Waals surface area contributed by atoms with Crippen LogP contribution < -0.4 is 10.1 Å². The van der Waals surface area contributed by atoms with Gasteiger partial charge in [0.1, 0.15) is 5.75 Å². The Morgan fingerprint density at radius 3 is 3.00 bits per heavy atom. The van der Waals surface area contributed by atoms with Crippen molar-refractivity contribution in [2.75, 3.05) is 40.1 Å². The van der Waals surface area contributed by atoms with Gasteiger partial charge in [-0.1, -0.05) is 22.9 Å². The van der Waals surface area contributed by atoms with Crippen molar-refractivity contribution < 1.29 is 14.2 Å². The first-order valence-electron chi connectivity index (χ1n) is 7.48. The molecule has 1 heterocycles. The zero-order valence-electron chi connectivity index (χ0n) is 12.8. The summed E-state index contributed by atoms with van der Waals surface area (Å²) in [6.45, 7) is 5.77. The van der Waals surface area contributed by atoms with Gasteiger partial charge in [-0.2, -0.15) is 0 Å². The number of halogens is 1. The number of ether oxygens (including phenoxy) is 3. The Bertz CT molecular complexity index is 453. The molecule has 1 N–H and O–H groups in total. The molecule has 0 aromatic heterocycles. The van der Waals surface area contributed by atoms with Gasteiger partial charge in [0.15, 0.2) is 0 Å². The van der Waals surface area contributed by atoms with Crippen LogP contribution in [0.5, 0.6) is 5.75 Å². The molecular formula is C16H24BrNO3. The number of nitrogens with one attached hydrogen (secondary N) is 1. The monoisotopic (exact) mass is 357 g/mol. The first-order valence-corrected chi connectivity index (χ1v) is 8.28. The zero-order chi connectivity index (χ0) is 15.1. The Labute approximate surface area is 135 Å². The molecule has 1 aliphatic rings. The smallest absolute Gasteiger partial charge is 0.125 e. The van der Waals surface area contributed by atoms with Crippen molar-refractivity contribution >= 4 is 15.9 Å². The quantitative estimate of drug-likeness (QED) is 0.689. The van der Waals surface area contributed by atoms with Crippen molar-refractivity contribution in [2.45, 2.75) is 25.8 Å². The molecule has 5 heteroatoms. The Kier molecular flexibility index (Phi) is 6.96. The van der Waals surface area contributed by atoms with E-state index >= 15 is 0 Å². The second-order valence-corrected chi connectivity index (χ2v) is 6.09. The number of hydrogen-bond acceptors (Lipinski definition) is 4. The summed E-state index contributed by atoms with van der Waals surface area (Å²) in [7, 11) is 1.69. The van der Waals surface area contributed by atoms with Crippen LogP contribution in [-0.2, 0) is 22.3 Å². The standard InChI is InChI=1S/C16H24BrNO3/c1-3-18-15(11-20-7-6-19-2)10-13-9-14(17)8-12-4-5-21-16(12)13/h8-9,15,18H,3-7,10-11H2,1-2H3. The Morgan fingerprint density at radius 1 is 1.38 bits per heavy atom. The fraction of sp³-hybridized carbons (Fsp3) is 0.625. The lowest BCUT2D eigenvalue weighted by Gasteiger charge is -2.19. The van der Waals surface area contributed by atoms with E-state index in [1.807, 2.05) is 0 Å². The van der Waals surface area contributed by atoms with Gasteiger partial charge in [-0.25, -0.2) is 0 Å². The number of likely N-dealkylation sites (N-methyl/N-ethyl adjacent to an activating group) is 1. The lowest BCUT2D eigenvalue weighted by atomic mass is 10.0. The number of benzene rings is 1. The van der Waals surface area contributed by atoms with Crippen LogP contribution in [0.25, 0.3) is 0 Å². The molecule has 0 saturated carbocycles. The summed E-state index contributed by atoms with van der Waals surface area (Å²) in [5.41, 5.74) is 2.55. The molecule has 1 atom stereocenters. The van der Waals surface area contributed by atoms with Gasteiger partial charge in [0.05, 0.1) is 26.4 Å². The highest BCUT2D eigenvalue weighted by molar-refractivity contribution is 9.10. The lowest BCUT2D eigenvalue weighted by Crippen LogP contribution is -2.35. The van der Waals surface area contributed by atoms with Gasteiger partial charge in [0.25, 0.3) is 0 Å². The minimum absolute atomic E-state index is 0.287. The average molecular weight is 358 g/mol. The van der Waals surface area contributed by atoms with Crippen molar-refractivity contribution in [1.82, 2.24) is 5.32 Å². The third-order valence-corrected chi connectivity index (χ3v) is 3.99. The van der Waals surface area contributed by atoms with E-state index in [1.54, 1.807) is 7.11 Å². The van der Waals surface area contributed by atoms with Crippen molar-refractivity contribution in [1.29, 1.82) is 0 Å². The highest BCUT2D eigenvalue weighted by atomic mass is 79.9. The molecular weight excluding hydrogens is 334 g/mol. The minimum atomic E-state index is 0.287. The molecule has 0 amide bonds. The molecule has 1 unspecified atom stereocenters. The third-order valence-electron chi connectivity index (χ3n) is 3.54. The summed E-state index contributed by atoms with van der Waals surface area (Å²) in [4.78, 5) is 0. The second kappa shape index (κ2) is 8.73. The molecule has 1 aromatic rings. The molecule has 4 nitrogen and oxygen atoms in total. The van der Waals surface area contributed by atoms with E-state index in [9.17, 15) is 0 Å². The van der Waals surface area contributed by atoms with E-state index in [1.165, 1.54) is 11.1 Å². The van der Waals surface area contributed by atoms with Crippen molar-refractivity contribution in [3.05, 3.63) is 27.7 Å². The molecule has 0 fully saturated rings. The van der Waals surface area contributed by atoms with E-state index in [2.05, 4.69) is 40.3 Å². The predicted molar refractivity (Wildman–Crippen MR) is 87.2 cm³/mol. The maximum absolute atomic E-state index is 5.80. The highest BCUT2D eigenvalue weighted by Crippen LogP contribution is 2.33. The van der Waals surface area contributed by atoms with E-state index in [-0.39, 0.29) is 6.04 Å². The SMILES string of the molecule is CCNC(COCCOC)Cc1cc(Br)cc2c1OCC2. The van der Waals surface area contributed by atoms with Gasteiger partial charge in [-0.15, -0.1) is 0 Å². The molecule has 1 aliphatic heterocycles. The Morgan fingerprint density at radius 2 is 2.24 bits per heavy atom. The molecule has 0 radical (unpaired) electrons.